The van der Waals surface area contributed by atoms with Gasteiger partial charge in [0.15, 0.2) is 4.80 Å². The van der Waals surface area contributed by atoms with E-state index in [2.05, 4.69) is 38.5 Å². The zero-order valence-electron chi connectivity index (χ0n) is 14.7. The van der Waals surface area contributed by atoms with Gasteiger partial charge in [-0.1, -0.05) is 51.5 Å². The summed E-state index contributed by atoms with van der Waals surface area (Å²) in [5.41, 5.74) is 0.831. The molecule has 1 heterocycles. The zero-order valence-corrected chi connectivity index (χ0v) is 17.1. The molecule has 3 nitrogen and oxygen atoms in total. The van der Waals surface area contributed by atoms with Crippen LogP contribution in [0.3, 0.4) is 0 Å². The third-order valence-corrected chi connectivity index (χ3v) is 5.51. The molecule has 0 unspecified atom stereocenters. The lowest BCUT2D eigenvalue weighted by atomic mass is 9.95. The number of aryl methyl sites for hydroxylation is 1. The minimum Gasteiger partial charge on any atom is -0.496 e. The highest BCUT2D eigenvalue weighted by atomic mass is 35.5. The van der Waals surface area contributed by atoms with E-state index in [-0.39, 0.29) is 5.41 Å². The number of ether oxygens (including phenoxy) is 1. The molecule has 1 aromatic heterocycles. The molecule has 0 aliphatic rings. The molecular weight excluding hydrogens is 360 g/mol. The van der Waals surface area contributed by atoms with Gasteiger partial charge in [0.2, 0.25) is 0 Å². The molecule has 6 heteroatoms. The molecule has 0 fully saturated rings. The Morgan fingerprint density at radius 2 is 2.08 bits per heavy atom. The molecule has 24 heavy (non-hydrogen) atoms. The van der Waals surface area contributed by atoms with Gasteiger partial charge in [0.05, 0.1) is 12.7 Å². The van der Waals surface area contributed by atoms with Crippen LogP contribution in [0.4, 0.5) is 0 Å². The summed E-state index contributed by atoms with van der Waals surface area (Å²) in [6.07, 6.45) is 3.23. The second-order valence-electron chi connectivity index (χ2n) is 6.58. The van der Waals surface area contributed by atoms with Crippen molar-refractivity contribution in [2.24, 2.45) is 4.99 Å². The van der Waals surface area contributed by atoms with Crippen LogP contribution in [-0.4, -0.2) is 16.7 Å². The Hall–Kier alpha value is -1.17. The molecule has 0 bridgehead atoms. The average molecular weight is 383 g/mol. The van der Waals surface area contributed by atoms with Crippen LogP contribution < -0.4 is 9.54 Å². The number of methoxy groups -OCH3 is 1. The maximum atomic E-state index is 6.11. The highest BCUT2D eigenvalue weighted by molar-refractivity contribution is 7.80. The van der Waals surface area contributed by atoms with Crippen molar-refractivity contribution in [3.8, 4) is 5.75 Å². The number of hydrogen-bond acceptors (Lipinski definition) is 3. The van der Waals surface area contributed by atoms with Crippen LogP contribution in [0, 0.1) is 0 Å². The fourth-order valence-corrected chi connectivity index (χ4v) is 3.77. The molecule has 0 aliphatic carbocycles. The smallest absolute Gasteiger partial charge is 0.191 e. The third kappa shape index (κ3) is 4.47. The van der Waals surface area contributed by atoms with Crippen molar-refractivity contribution in [2.75, 3.05) is 7.11 Å². The van der Waals surface area contributed by atoms with Crippen molar-refractivity contribution < 1.29 is 4.74 Å². The van der Waals surface area contributed by atoms with Crippen LogP contribution in [0.2, 0.25) is 5.02 Å². The first kappa shape index (κ1) is 19.2. The lowest BCUT2D eigenvalue weighted by Gasteiger charge is -2.14. The molecule has 0 atom stereocenters. The number of nitrogens with zero attached hydrogens (tertiary/aromatic N) is 2. The highest BCUT2D eigenvalue weighted by Gasteiger charge is 2.18. The number of aromatic nitrogens is 1. The molecule has 130 valence electrons. The molecule has 2 rings (SSSR count). The summed E-state index contributed by atoms with van der Waals surface area (Å²) in [7, 11) is 1.62. The summed E-state index contributed by atoms with van der Waals surface area (Å²) in [6.45, 7) is 9.69. The maximum Gasteiger partial charge on any atom is 0.191 e. The maximum absolute atomic E-state index is 6.11. The van der Waals surface area contributed by atoms with E-state index in [9.17, 15) is 0 Å². The quantitative estimate of drug-likeness (QED) is 0.679. The predicted octanol–water partition coefficient (Wildman–Crippen LogP) is 5.20. The van der Waals surface area contributed by atoms with Gasteiger partial charge in [-0.05, 0) is 30.0 Å². The van der Waals surface area contributed by atoms with Crippen LogP contribution in [-0.2, 0) is 12.0 Å². The first-order chi connectivity index (χ1) is 11.3. The fourth-order valence-electron chi connectivity index (χ4n) is 2.21. The van der Waals surface area contributed by atoms with Gasteiger partial charge in [-0.2, -0.15) is 0 Å². The summed E-state index contributed by atoms with van der Waals surface area (Å²) in [6, 6.07) is 5.40. The summed E-state index contributed by atoms with van der Waals surface area (Å²) in [5.74, 6) is 0.683. The molecule has 0 saturated carbocycles. The van der Waals surface area contributed by atoms with Crippen molar-refractivity contribution in [3.63, 3.8) is 0 Å². The number of rotatable bonds is 4. The van der Waals surface area contributed by atoms with Crippen LogP contribution in [0.15, 0.2) is 29.4 Å². The second-order valence-corrected chi connectivity index (χ2v) is 8.42. The topological polar surface area (TPSA) is 26.5 Å². The highest BCUT2D eigenvalue weighted by Crippen LogP contribution is 2.26. The van der Waals surface area contributed by atoms with Crippen molar-refractivity contribution in [1.29, 1.82) is 0 Å². The lowest BCUT2D eigenvalue weighted by Crippen LogP contribution is -2.16. The van der Waals surface area contributed by atoms with E-state index in [1.165, 1.54) is 4.88 Å². The predicted molar refractivity (Wildman–Crippen MR) is 107 cm³/mol. The van der Waals surface area contributed by atoms with Gasteiger partial charge < -0.3 is 9.30 Å². The average Bonchev–Trinajstić information content (AvgIpc) is 2.90. The van der Waals surface area contributed by atoms with E-state index in [1.54, 1.807) is 30.6 Å². The minimum atomic E-state index is 0.0866. The molecule has 0 N–H and O–H groups in total. The van der Waals surface area contributed by atoms with Crippen molar-refractivity contribution in [2.45, 2.75) is 46.1 Å². The van der Waals surface area contributed by atoms with Crippen molar-refractivity contribution in [3.05, 3.63) is 44.7 Å². The Morgan fingerprint density at radius 3 is 2.67 bits per heavy atom. The molecule has 0 spiro atoms. The Bertz CT molecular complexity index is 800. The molecule has 0 saturated heterocycles. The monoisotopic (exact) mass is 382 g/mol. The lowest BCUT2D eigenvalue weighted by molar-refractivity contribution is 0.414. The van der Waals surface area contributed by atoms with E-state index >= 15 is 0 Å². The number of hydrogen-bond donors (Lipinski definition) is 0. The van der Waals surface area contributed by atoms with Gasteiger partial charge in [0.1, 0.15) is 10.7 Å². The van der Waals surface area contributed by atoms with Crippen LogP contribution >= 0.6 is 35.2 Å². The number of benzene rings is 1. The number of thiazole rings is 1. The standard InChI is InChI=1S/C18H23ClN2OS2/c1-6-9-21-11-15(18(2,3)4)24-17(21)20-16(23)13-10-12(19)7-8-14(13)22-5/h7-8,10-11H,6,9H2,1-5H3. The van der Waals surface area contributed by atoms with Gasteiger partial charge in [-0.25, -0.2) is 4.99 Å². The van der Waals surface area contributed by atoms with Gasteiger partial charge in [-0.3, -0.25) is 0 Å². The van der Waals surface area contributed by atoms with E-state index in [1.807, 2.05) is 6.07 Å². The molecule has 0 amide bonds. The zero-order chi connectivity index (χ0) is 17.9. The second kappa shape index (κ2) is 7.81. The number of thiocarbonyl (C=S) groups is 1. The SMILES string of the molecule is CCCn1cc(C(C)(C)C)sc1=NC(=S)c1cc(Cl)ccc1OC. The Labute approximate surface area is 158 Å². The van der Waals surface area contributed by atoms with Gasteiger partial charge >= 0.3 is 0 Å². The van der Waals surface area contributed by atoms with Crippen LogP contribution in [0.5, 0.6) is 5.75 Å². The summed E-state index contributed by atoms with van der Waals surface area (Å²) in [5, 5.41) is 0.617. The Kier molecular flexibility index (Phi) is 6.23. The molecular formula is C18H23ClN2OS2. The van der Waals surface area contributed by atoms with Crippen molar-refractivity contribution in [1.82, 2.24) is 4.57 Å². The Balaban J connectivity index is 2.52. The van der Waals surface area contributed by atoms with E-state index in [4.69, 9.17) is 33.5 Å². The molecule has 2 aromatic rings. The van der Waals surface area contributed by atoms with Crippen LogP contribution in [0.25, 0.3) is 0 Å². The van der Waals surface area contributed by atoms with Gasteiger partial charge in [0, 0.05) is 22.6 Å². The van der Waals surface area contributed by atoms with Crippen LogP contribution in [0.1, 0.15) is 44.6 Å². The first-order valence-corrected chi connectivity index (χ1v) is 9.50. The normalized spacial score (nSPS) is 12.5. The first-order valence-electron chi connectivity index (χ1n) is 7.89. The fraction of sp³-hybridized carbons (Fsp3) is 0.444. The van der Waals surface area contributed by atoms with E-state index in [0.29, 0.717) is 15.8 Å². The summed E-state index contributed by atoms with van der Waals surface area (Å²) >= 11 is 13.3. The third-order valence-electron chi connectivity index (χ3n) is 3.51. The Morgan fingerprint density at radius 1 is 1.38 bits per heavy atom. The van der Waals surface area contributed by atoms with E-state index in [0.717, 1.165) is 23.3 Å². The largest absolute Gasteiger partial charge is 0.496 e. The van der Waals surface area contributed by atoms with Gasteiger partial charge in [0.25, 0.3) is 0 Å². The van der Waals surface area contributed by atoms with Gasteiger partial charge in [-0.15, -0.1) is 11.3 Å². The summed E-state index contributed by atoms with van der Waals surface area (Å²) in [4.78, 5) is 7.39. The van der Waals surface area contributed by atoms with Crippen molar-refractivity contribution >= 4 is 40.1 Å². The minimum absolute atomic E-state index is 0.0866. The molecule has 0 radical (unpaired) electrons. The molecule has 1 aromatic carbocycles. The summed E-state index contributed by atoms with van der Waals surface area (Å²) < 4.78 is 7.56. The van der Waals surface area contributed by atoms with E-state index < -0.39 is 0 Å². The molecule has 0 aliphatic heterocycles. The number of halogens is 1.